The predicted molar refractivity (Wildman–Crippen MR) is 314 cm³/mol. The number of nitrogens with one attached hydrogen (secondary N) is 1. The maximum atomic E-state index is 16.2. The zero-order chi connectivity index (χ0) is 56.7. The van der Waals surface area contributed by atoms with Crippen LogP contribution in [0.5, 0.6) is 0 Å². The molecule has 11 fully saturated rings. The van der Waals surface area contributed by atoms with Crippen molar-refractivity contribution in [3.63, 3.8) is 0 Å². The number of benzene rings is 2. The highest BCUT2D eigenvalue weighted by Crippen LogP contribution is 2.85. The first kappa shape index (κ1) is 54.7. The van der Waals surface area contributed by atoms with E-state index in [0.29, 0.717) is 75.0 Å². The molecule has 11 saturated carbocycles. The molecule has 1 heterocycles. The molecule has 0 aromatic heterocycles. The van der Waals surface area contributed by atoms with Crippen molar-refractivity contribution in [2.24, 2.45) is 98.1 Å². The van der Waals surface area contributed by atoms with E-state index >= 15 is 20.1 Å². The first-order valence-corrected chi connectivity index (χ1v) is 33.7. The predicted octanol–water partition coefficient (Wildman–Crippen LogP) is 10.2. The van der Waals surface area contributed by atoms with Crippen LogP contribution < -0.4 is 5.32 Å². The fraction of sp³-hybridized carbons (Fsp3) is 0.726. The van der Waals surface area contributed by atoms with Crippen LogP contribution in [0, 0.1) is 110 Å². The van der Waals surface area contributed by atoms with E-state index < -0.39 is 79.9 Å². The van der Waals surface area contributed by atoms with Gasteiger partial charge in [-0.2, -0.15) is 0 Å². The van der Waals surface area contributed by atoms with Crippen molar-refractivity contribution in [3.8, 4) is 11.8 Å². The molecule has 83 heavy (non-hydrogen) atoms. The lowest BCUT2D eigenvalue weighted by atomic mass is 9.28. The van der Waals surface area contributed by atoms with Crippen LogP contribution in [0.1, 0.15) is 189 Å². The molecule has 22 unspecified atom stereocenters. The summed E-state index contributed by atoms with van der Waals surface area (Å²) in [5.74, 6) is 5.56. The van der Waals surface area contributed by atoms with Crippen molar-refractivity contribution in [2.75, 3.05) is 7.05 Å². The number of ether oxygens (including phenoxy) is 1. The molecule has 2 aromatic rings. The average Bonchev–Trinajstić information content (AvgIpc) is 1.62. The van der Waals surface area contributed by atoms with Gasteiger partial charge in [0.15, 0.2) is 0 Å². The number of aliphatic hydroxyl groups excluding tert-OH is 3. The van der Waals surface area contributed by atoms with E-state index in [2.05, 4.69) is 65.7 Å². The largest absolute Gasteiger partial charge is 0.454 e. The minimum Gasteiger partial charge on any atom is -0.454 e. The number of hydrogen-bond donors (Lipinski definition) is 7. The zero-order valence-corrected chi connectivity index (χ0v) is 49.2. The summed E-state index contributed by atoms with van der Waals surface area (Å²) in [6, 6.07) is 16.8. The summed E-state index contributed by atoms with van der Waals surface area (Å²) in [6.45, 7) is -0.125. The van der Waals surface area contributed by atoms with Crippen LogP contribution in [0.25, 0.3) is 0 Å². The molecule has 17 rings (SSSR count). The normalized spacial score (nSPS) is 49.3. The minimum absolute atomic E-state index is 0.0220. The van der Waals surface area contributed by atoms with Gasteiger partial charge < -0.3 is 45.5 Å². The molecule has 7 N–H and O–H groups in total. The van der Waals surface area contributed by atoms with Gasteiger partial charge in [-0.1, -0.05) is 118 Å². The van der Waals surface area contributed by atoms with Crippen LogP contribution in [0.3, 0.4) is 0 Å². The molecule has 1 aliphatic heterocycles. The van der Waals surface area contributed by atoms with E-state index in [-0.39, 0.29) is 67.0 Å². The highest BCUT2D eigenvalue weighted by molar-refractivity contribution is 5.86. The van der Waals surface area contributed by atoms with Crippen molar-refractivity contribution in [1.82, 2.24) is 5.32 Å². The Kier molecular flexibility index (Phi) is 12.6. The number of hydrogen-bond acceptors (Lipinski definition) is 10. The summed E-state index contributed by atoms with van der Waals surface area (Å²) in [7, 11) is 1.97. The number of rotatable bonds is 5. The maximum Gasteiger partial charge on any atom is 0.331 e. The third-order valence-corrected chi connectivity index (χ3v) is 29.0. The van der Waals surface area contributed by atoms with Gasteiger partial charge in [-0.3, -0.25) is 0 Å². The minimum atomic E-state index is -2.28. The summed E-state index contributed by atoms with van der Waals surface area (Å²) in [6.07, 6.45) is 24.8. The molecule has 10 heteroatoms. The van der Waals surface area contributed by atoms with Gasteiger partial charge in [0.1, 0.15) is 23.6 Å². The molecule has 0 amide bonds. The second-order valence-corrected chi connectivity index (χ2v) is 31.5. The SMILES string of the molecule is CNC1Cc2c(cccc2CO)C#CC2(CCCC2)CC23CC4(CCCC4)C4C5(C=O)CC6(CCC7CC(c8ccccc8)CCC76)C(O)C6CC7C=CCC(C8CCCC8)C7CC(C(O)C4(O)C2(O)CC2CC1C1OC(=O)C=C1C23)C65O. The van der Waals surface area contributed by atoms with Crippen molar-refractivity contribution in [2.45, 2.75) is 221 Å². The van der Waals surface area contributed by atoms with Gasteiger partial charge in [-0.15, -0.1) is 0 Å². The summed E-state index contributed by atoms with van der Waals surface area (Å²) < 4.78 is 6.60. The monoisotopic (exact) mass is 1130 g/mol. The topological polar surface area (TPSA) is 177 Å². The van der Waals surface area contributed by atoms with Gasteiger partial charge in [0, 0.05) is 57.6 Å². The first-order chi connectivity index (χ1) is 40.2. The van der Waals surface area contributed by atoms with Crippen LogP contribution in [0.2, 0.25) is 0 Å². The lowest BCUT2D eigenvalue weighted by Gasteiger charge is -2.78. The van der Waals surface area contributed by atoms with E-state index in [1.54, 1.807) is 6.08 Å². The number of likely N-dealkylation sites (N-methyl/N-ethyl adjacent to an activating group) is 1. The molecule has 2 aromatic carbocycles. The Morgan fingerprint density at radius 1 is 0.735 bits per heavy atom. The molecule has 0 saturated heterocycles. The third kappa shape index (κ3) is 7.11. The molecule has 22 atom stereocenters. The van der Waals surface area contributed by atoms with Crippen molar-refractivity contribution in [1.29, 1.82) is 0 Å². The number of carbonyl (C=O) groups excluding carboxylic acids is 2. The van der Waals surface area contributed by atoms with Crippen LogP contribution in [-0.4, -0.2) is 91.1 Å². The maximum absolute atomic E-state index is 16.2. The molecule has 444 valence electrons. The van der Waals surface area contributed by atoms with Gasteiger partial charge in [0.25, 0.3) is 0 Å². The molecular weight excluding hydrogens is 1030 g/mol. The van der Waals surface area contributed by atoms with Gasteiger partial charge >= 0.3 is 5.97 Å². The van der Waals surface area contributed by atoms with Gasteiger partial charge in [0.2, 0.25) is 0 Å². The Hall–Kier alpha value is -3.66. The van der Waals surface area contributed by atoms with E-state index in [1.807, 2.05) is 19.2 Å². The lowest BCUT2D eigenvalue weighted by molar-refractivity contribution is -0.408. The Labute approximate surface area is 492 Å². The average molecular weight is 1130 g/mol. The summed E-state index contributed by atoms with van der Waals surface area (Å²) in [4.78, 5) is 30.5. The second-order valence-electron chi connectivity index (χ2n) is 31.5. The quantitative estimate of drug-likeness (QED) is 0.0660. The molecule has 4 bridgehead atoms. The van der Waals surface area contributed by atoms with Crippen molar-refractivity contribution in [3.05, 3.63) is 94.6 Å². The number of fused-ring (bicyclic) bond motifs is 8. The fourth-order valence-electron chi connectivity index (χ4n) is 26.5. The highest BCUT2D eigenvalue weighted by Gasteiger charge is 2.91. The Morgan fingerprint density at radius 3 is 2.27 bits per heavy atom. The van der Waals surface area contributed by atoms with Crippen LogP contribution in [0.4, 0.5) is 0 Å². The molecule has 0 radical (unpaired) electrons. The standard InChI is InChI=1S/C73H93NO9/c1-74-59-35-52-45(17-11-19-49(52)38-75)23-29-66(25-7-8-26-66)39-69-40-67(27-9-10-28-67)65-70(42-76)41-68(30-24-48-31-46(21-22-56(48)68)43-13-3-2-4-14-43)63(78)57-33-47-18-12-20-51(44-15-5-6-16-44)53(47)34-58(72(57,70)81)64(79)73(65,82)71(69,80)37-50-32-54(59)62-55(61(50)69)36-60(77)83-62/h2-4,11-14,17-19,36,42,44,46-48,50-51,53-54,56-59,61-65,74-75,78-82H,5-10,15-16,20-22,24-28,30-35,37-41H2,1H3. The molecular formula is C73H93NO9. The highest BCUT2D eigenvalue weighted by atomic mass is 16.5. The Bertz CT molecular complexity index is 3050. The summed E-state index contributed by atoms with van der Waals surface area (Å²) in [5, 5.41) is 90.2. The number of allylic oxidation sites excluding steroid dienone is 2. The van der Waals surface area contributed by atoms with E-state index in [9.17, 15) is 20.1 Å². The lowest BCUT2D eigenvalue weighted by Crippen LogP contribution is -2.89. The van der Waals surface area contributed by atoms with Crippen molar-refractivity contribution >= 4 is 12.3 Å². The van der Waals surface area contributed by atoms with Crippen LogP contribution in [-0.2, 0) is 27.4 Å². The van der Waals surface area contributed by atoms with Gasteiger partial charge in [-0.25, -0.2) is 4.79 Å². The van der Waals surface area contributed by atoms with E-state index in [0.717, 1.165) is 118 Å². The smallest absolute Gasteiger partial charge is 0.331 e. The molecule has 14 aliphatic carbocycles. The van der Waals surface area contributed by atoms with E-state index in [1.165, 1.54) is 18.4 Å². The Balaban J connectivity index is 0.933. The van der Waals surface area contributed by atoms with Crippen molar-refractivity contribution < 1.29 is 45.0 Å². The number of aliphatic hydroxyl groups is 6. The number of aldehydes is 1. The summed E-state index contributed by atoms with van der Waals surface area (Å²) in [5.41, 5.74) is -6.04. The second kappa shape index (κ2) is 19.2. The molecule has 15 aliphatic rings. The molecule has 10 nitrogen and oxygen atoms in total. The van der Waals surface area contributed by atoms with Gasteiger partial charge in [0.05, 0.1) is 29.8 Å². The van der Waals surface area contributed by atoms with Crippen LogP contribution >= 0.6 is 0 Å². The third-order valence-electron chi connectivity index (χ3n) is 29.0. The first-order valence-electron chi connectivity index (χ1n) is 33.7. The number of esters is 1. The molecule has 4 spiro atoms. The number of carbonyl (C=O) groups is 2. The van der Waals surface area contributed by atoms with Crippen LogP contribution in [0.15, 0.2) is 72.3 Å². The fourth-order valence-corrected chi connectivity index (χ4v) is 26.5. The summed E-state index contributed by atoms with van der Waals surface area (Å²) >= 11 is 0. The van der Waals surface area contributed by atoms with Gasteiger partial charge in [-0.05, 0) is 210 Å². The Morgan fingerprint density at radius 2 is 1.51 bits per heavy atom. The zero-order valence-electron chi connectivity index (χ0n) is 49.2. The van der Waals surface area contributed by atoms with E-state index in [4.69, 9.17) is 4.74 Å².